The van der Waals surface area contributed by atoms with Gasteiger partial charge >= 0.3 is 24.1 Å². The maximum absolute atomic E-state index is 13.7. The van der Waals surface area contributed by atoms with Gasteiger partial charge in [-0.3, -0.25) is 31.4 Å². The molecule has 20 heterocycles. The molecule has 0 saturated carbocycles. The third-order valence-corrected chi connectivity index (χ3v) is 30.3. The highest BCUT2D eigenvalue weighted by Crippen LogP contribution is 2.46. The highest BCUT2D eigenvalue weighted by atomic mass is 35.5. The number of benzene rings is 6. The third-order valence-electron chi connectivity index (χ3n) is 30.3. The minimum absolute atomic E-state index is 0. The van der Waals surface area contributed by atoms with E-state index in [4.69, 9.17) is 63.2 Å². The first-order chi connectivity index (χ1) is 66.8. The lowest BCUT2D eigenvalue weighted by atomic mass is 9.72. The van der Waals surface area contributed by atoms with Gasteiger partial charge in [0.2, 0.25) is 0 Å². The number of nitrogens with zero attached hydrogens (tertiary/aromatic N) is 9. The third kappa shape index (κ3) is 30.0. The predicted octanol–water partition coefficient (Wildman–Crippen LogP) is 14.5. The standard InChI is InChI=1S/C32H35N3O6.C24H20O7.C13H25N3O2.C13H23N3O2.C8H17N3.C8H12N2.C8H13NO.2ClH/c1-38-24-7-3-22(4-8-24)19-40-28-17-26-27(18-29(28)41-20-23-5-9-25(39-2)10-6-23)31(37)35(33-30(26)36)21-32-11-14-34(15-12-32)16-13-32;1-27-17-7-3-15(4-8-17)13-29-21-11-19-20(24(26)31-23(19)25)12-22(21)30-14-16-5-9-18(28-2)10-6-16;2*1-12(2,3)18-11(17)15-14-10-13-4-7-16(8-5-13)9-6-13;9-10-7-8-1-4-11(5-2-8)6-3-8;9-7-8-1-4-10(5-2-8)6-3-8;10-7-8-1-4-9(5-2-8)6-3-8;;/h3-10,17-18H,11-16,19-21H2,1-2H3,(H,33,36);3-12H,13-14H2,1-2H3;14H,4-10H2,1-3H3,(H,15,17);10H,4-9H2,1-3H3,(H,15,17);10H,1-7,9H2;1-6H2;7H,1-6H2;2*1H/b;;;14-10+;;;;;. The van der Waals surface area contributed by atoms with E-state index in [1.807, 2.05) is 145 Å². The average molecular weight is 1990 g/mol. The number of ether oxygens (including phenoxy) is 11. The lowest BCUT2D eigenvalue weighted by Gasteiger charge is -2.48. The number of amides is 2. The molecular weight excluding hydrogens is 1840 g/mol. The van der Waals surface area contributed by atoms with E-state index < -0.39 is 35.3 Å². The molecule has 35 heteroatoms. The van der Waals surface area contributed by atoms with Crippen LogP contribution in [0.3, 0.4) is 0 Å². The van der Waals surface area contributed by atoms with Crippen LogP contribution in [0.1, 0.15) is 200 Å². The number of rotatable bonds is 26. The number of H-pyrrole nitrogens is 1. The van der Waals surface area contributed by atoms with Crippen LogP contribution in [-0.2, 0) is 52.0 Å². The number of halogens is 2. The van der Waals surface area contributed by atoms with Crippen LogP contribution in [-0.4, -0.2) is 246 Å². The number of nitrogens with one attached hydrogen (secondary N) is 5. The van der Waals surface area contributed by atoms with Gasteiger partial charge in [-0.15, -0.1) is 24.8 Å². The second-order valence-corrected chi connectivity index (χ2v) is 41.8. The van der Waals surface area contributed by atoms with Crippen molar-refractivity contribution in [2.45, 2.75) is 201 Å². The molecule has 0 spiro atoms. The Morgan fingerprint density at radius 2 is 0.752 bits per heavy atom. The predicted molar refractivity (Wildman–Crippen MR) is 544 cm³/mol. The number of aldehydes is 1. The van der Waals surface area contributed by atoms with Crippen molar-refractivity contribution in [2.75, 3.05) is 159 Å². The number of hydrogen-bond acceptors (Lipinski definition) is 29. The number of carbonyl (C=O) groups excluding carboxylic acids is 5. The maximum atomic E-state index is 13.7. The van der Waals surface area contributed by atoms with Crippen molar-refractivity contribution in [2.24, 2.45) is 43.4 Å². The Kier molecular flexibility index (Phi) is 38.4. The van der Waals surface area contributed by atoms with Crippen molar-refractivity contribution in [3.63, 3.8) is 0 Å². The summed E-state index contributed by atoms with van der Waals surface area (Å²) in [5.74, 6) is 8.45. The summed E-state index contributed by atoms with van der Waals surface area (Å²) < 4.78 is 61.6. The summed E-state index contributed by atoms with van der Waals surface area (Å²) >= 11 is 0. The van der Waals surface area contributed by atoms with Crippen molar-refractivity contribution < 1.29 is 76.1 Å². The van der Waals surface area contributed by atoms with Crippen molar-refractivity contribution >= 4 is 72.2 Å². The van der Waals surface area contributed by atoms with Crippen LogP contribution in [0.4, 0.5) is 9.59 Å². The van der Waals surface area contributed by atoms with Gasteiger partial charge in [-0.2, -0.15) is 10.4 Å². The number of fused-ring (bicyclic) bond motifs is 20. The van der Waals surface area contributed by atoms with E-state index in [0.29, 0.717) is 45.8 Å². The lowest BCUT2D eigenvalue weighted by Crippen LogP contribution is -2.54. The SMILES string of the molecule is CC(C)(C)OC(=O)N/N=C/C12CCN(CC1)CC2.CC(C)(C)OC(=O)NNCC12CCN(CC1)CC2.COc1ccc(COc2cc3c(=O)[nH]n(CC45CCN(CC4)CC5)c(=O)c3cc2OCc2ccc(OC)cc2)cc1.COc1ccc(COc2cc3c(cc2OCc2ccc(OC)cc2)C(=O)OC3=O)cc1.Cl.Cl.N#CC12CCN(CC1)CC2.NNCC12CCN(CC1)CC2.O=CC12CCN(CC1)CC2. The molecule has 18 fully saturated rings. The fraction of sp³-hybridized carbons (Fsp3) is 0.575. The van der Waals surface area contributed by atoms with Gasteiger partial charge in [0, 0.05) is 36.7 Å². The zero-order valence-electron chi connectivity index (χ0n) is 83.9. The van der Waals surface area contributed by atoms with Crippen LogP contribution < -0.4 is 76.6 Å². The van der Waals surface area contributed by atoms with Crippen molar-refractivity contribution in [1.29, 1.82) is 5.26 Å². The number of esters is 2. The van der Waals surface area contributed by atoms with Gasteiger partial charge in [-0.05, 0) is 386 Å². The normalized spacial score (nSPS) is 26.2. The van der Waals surface area contributed by atoms with Crippen molar-refractivity contribution in [1.82, 2.24) is 60.9 Å². The molecule has 6 aromatic carbocycles. The molecule has 18 saturated heterocycles. The van der Waals surface area contributed by atoms with Crippen LogP contribution in [0, 0.1) is 43.8 Å². The molecule has 0 radical (unpaired) electrons. The van der Waals surface area contributed by atoms with Gasteiger partial charge < -0.3 is 86.3 Å². The summed E-state index contributed by atoms with van der Waals surface area (Å²) in [6.45, 7) is 35.5. The molecule has 19 aliphatic heterocycles. The fourth-order valence-corrected chi connectivity index (χ4v) is 20.7. The summed E-state index contributed by atoms with van der Waals surface area (Å²) in [5.41, 5.74) is 14.9. The summed E-state index contributed by atoms with van der Waals surface area (Å²) in [5, 5.41) is 16.4. The molecule has 768 valence electrons. The first-order valence-electron chi connectivity index (χ1n) is 49.5. The van der Waals surface area contributed by atoms with E-state index in [1.165, 1.54) is 101 Å². The Morgan fingerprint density at radius 1 is 0.440 bits per heavy atom. The number of nitrogens with two attached hydrogens (primary N) is 1. The Labute approximate surface area is 841 Å². The molecule has 7 aromatic rings. The number of hydrogen-bond donors (Lipinski definition) is 6. The molecule has 0 atom stereocenters. The number of piperidine rings is 18. The quantitative estimate of drug-likeness (QED) is 0.00558. The van der Waals surface area contributed by atoms with E-state index in [1.54, 1.807) is 40.6 Å². The monoisotopic (exact) mass is 1990 g/mol. The number of aromatic nitrogens is 2. The highest BCUT2D eigenvalue weighted by molar-refractivity contribution is 6.15. The second-order valence-electron chi connectivity index (χ2n) is 41.8. The molecule has 7 N–H and O–H groups in total. The van der Waals surface area contributed by atoms with Gasteiger partial charge in [0.25, 0.3) is 11.1 Å². The van der Waals surface area contributed by atoms with Gasteiger partial charge in [0.05, 0.1) is 61.8 Å². The van der Waals surface area contributed by atoms with Gasteiger partial charge in [-0.1, -0.05) is 48.5 Å². The molecule has 26 rings (SSSR count). The summed E-state index contributed by atoms with van der Waals surface area (Å²) in [7, 11) is 6.44. The van der Waals surface area contributed by atoms with Crippen molar-refractivity contribution in [3.05, 3.63) is 175 Å². The smallest absolute Gasteiger partial charge is 0.428 e. The molecule has 141 heavy (non-hydrogen) atoms. The lowest BCUT2D eigenvalue weighted by molar-refractivity contribution is -0.122. The van der Waals surface area contributed by atoms with Crippen LogP contribution in [0.25, 0.3) is 10.8 Å². The Morgan fingerprint density at radius 3 is 1.07 bits per heavy atom. The number of aromatic amines is 1. The zero-order valence-corrected chi connectivity index (χ0v) is 85.5. The number of nitriles is 1. The summed E-state index contributed by atoms with van der Waals surface area (Å²) in [6, 6.07) is 38.7. The van der Waals surface area contributed by atoms with Gasteiger partial charge in [0.1, 0.15) is 66.9 Å². The minimum atomic E-state index is -0.698. The zero-order chi connectivity index (χ0) is 98.4. The average Bonchev–Trinajstić information content (AvgIpc) is 1.06. The van der Waals surface area contributed by atoms with E-state index >= 15 is 0 Å². The minimum Gasteiger partial charge on any atom is -0.497 e. The van der Waals surface area contributed by atoms with E-state index in [0.717, 1.165) is 214 Å². The Hall–Kier alpha value is -10.6. The molecular formula is C106H147Cl2N15O18. The highest BCUT2D eigenvalue weighted by Gasteiger charge is 2.45. The van der Waals surface area contributed by atoms with Crippen LogP contribution in [0.2, 0.25) is 0 Å². The Balaban J connectivity index is 0.000000156. The molecule has 33 nitrogen and oxygen atoms in total. The molecule has 2 amide bonds. The molecule has 0 aliphatic carbocycles. The van der Waals surface area contributed by atoms with E-state index in [9.17, 15) is 33.6 Å². The van der Waals surface area contributed by atoms with Crippen LogP contribution in [0.5, 0.6) is 46.0 Å². The van der Waals surface area contributed by atoms with Gasteiger partial charge in [0.15, 0.2) is 23.0 Å². The number of methoxy groups -OCH3 is 4. The van der Waals surface area contributed by atoms with E-state index in [-0.39, 0.29) is 101 Å². The number of cyclic esters (lactones) is 2. The second kappa shape index (κ2) is 49.6. The summed E-state index contributed by atoms with van der Waals surface area (Å²) in [4.78, 5) is 99.5. The van der Waals surface area contributed by atoms with Crippen LogP contribution >= 0.6 is 24.8 Å². The number of hydrazone groups is 1. The fourth-order valence-electron chi connectivity index (χ4n) is 20.7. The summed E-state index contributed by atoms with van der Waals surface area (Å²) in [6.07, 6.45) is 23.2. The molecule has 19 aliphatic rings. The first-order valence-corrected chi connectivity index (χ1v) is 49.5. The molecule has 1 aromatic heterocycles. The largest absolute Gasteiger partial charge is 0.497 e. The van der Waals surface area contributed by atoms with Crippen molar-refractivity contribution in [3.8, 4) is 52.1 Å². The maximum Gasteiger partial charge on any atom is 0.428 e. The Bertz CT molecular complexity index is 5290. The molecule has 0 unspecified atom stereocenters. The molecule has 12 bridgehead atoms. The number of hydrazine groups is 2. The number of carbonyl (C=O) groups is 5. The first kappa shape index (κ1) is 109. The van der Waals surface area contributed by atoms with Crippen LogP contribution in [0.15, 0.2) is 136 Å². The topological polar surface area (TPSA) is 371 Å². The van der Waals surface area contributed by atoms with E-state index in [2.05, 4.69) is 67.4 Å². The van der Waals surface area contributed by atoms with Gasteiger partial charge in [-0.25, -0.2) is 34.7 Å².